The maximum absolute atomic E-state index is 11.9. The van der Waals surface area contributed by atoms with Gasteiger partial charge in [-0.25, -0.2) is 13.1 Å². The van der Waals surface area contributed by atoms with Gasteiger partial charge in [-0.3, -0.25) is 0 Å². The van der Waals surface area contributed by atoms with Gasteiger partial charge in [-0.05, 0) is 31.5 Å². The number of hydrogen-bond acceptors (Lipinski definition) is 3. The summed E-state index contributed by atoms with van der Waals surface area (Å²) in [5.41, 5.74) is 6.27. The summed E-state index contributed by atoms with van der Waals surface area (Å²) in [5, 5.41) is 0.219. The molecule has 98 valence electrons. The third kappa shape index (κ3) is 4.44. The summed E-state index contributed by atoms with van der Waals surface area (Å²) >= 11 is 5.89. The first kappa shape index (κ1) is 16.7. The Morgan fingerprint density at radius 2 is 2.06 bits per heavy atom. The Labute approximate surface area is 113 Å². The molecule has 0 radical (unpaired) electrons. The third-order valence-electron chi connectivity index (χ3n) is 2.09. The second-order valence-corrected chi connectivity index (χ2v) is 5.78. The SMILES string of the molecule is Cc1ccc(S(=O)(=O)N[C@@H](C)CN)c(Cl)c1.Cl. The largest absolute Gasteiger partial charge is 0.329 e. The number of benzene rings is 1. The van der Waals surface area contributed by atoms with E-state index in [0.29, 0.717) is 0 Å². The molecule has 0 aliphatic rings. The summed E-state index contributed by atoms with van der Waals surface area (Å²) in [7, 11) is -3.58. The zero-order chi connectivity index (χ0) is 12.3. The fraction of sp³-hybridized carbons (Fsp3) is 0.400. The van der Waals surface area contributed by atoms with Crippen LogP contribution in [0.1, 0.15) is 12.5 Å². The number of hydrogen-bond donors (Lipinski definition) is 2. The van der Waals surface area contributed by atoms with Crippen molar-refractivity contribution in [3.63, 3.8) is 0 Å². The Kier molecular flexibility index (Phi) is 6.43. The lowest BCUT2D eigenvalue weighted by molar-refractivity contribution is 0.563. The molecule has 0 spiro atoms. The number of sulfonamides is 1. The van der Waals surface area contributed by atoms with E-state index in [1.807, 2.05) is 6.92 Å². The molecule has 0 bridgehead atoms. The lowest BCUT2D eigenvalue weighted by atomic mass is 10.2. The minimum Gasteiger partial charge on any atom is -0.329 e. The molecule has 3 N–H and O–H groups in total. The van der Waals surface area contributed by atoms with Gasteiger partial charge in [0.15, 0.2) is 0 Å². The van der Waals surface area contributed by atoms with E-state index >= 15 is 0 Å². The highest BCUT2D eigenvalue weighted by Crippen LogP contribution is 2.22. The summed E-state index contributed by atoms with van der Waals surface area (Å²) in [5.74, 6) is 0. The average Bonchev–Trinajstić information content (AvgIpc) is 2.16. The Balaban J connectivity index is 0.00000256. The number of nitrogens with one attached hydrogen (secondary N) is 1. The highest BCUT2D eigenvalue weighted by molar-refractivity contribution is 7.89. The van der Waals surface area contributed by atoms with Crippen LogP contribution in [-0.2, 0) is 10.0 Å². The molecule has 4 nitrogen and oxygen atoms in total. The van der Waals surface area contributed by atoms with Crippen molar-refractivity contribution in [2.75, 3.05) is 6.54 Å². The summed E-state index contributed by atoms with van der Waals surface area (Å²) in [6.45, 7) is 3.78. The normalized spacial score (nSPS) is 12.9. The van der Waals surface area contributed by atoms with E-state index in [9.17, 15) is 8.42 Å². The van der Waals surface area contributed by atoms with Gasteiger partial charge in [-0.15, -0.1) is 12.4 Å². The van der Waals surface area contributed by atoms with Crippen LogP contribution in [-0.4, -0.2) is 21.0 Å². The van der Waals surface area contributed by atoms with Crippen molar-refractivity contribution in [3.8, 4) is 0 Å². The molecule has 0 saturated heterocycles. The molecule has 0 saturated carbocycles. The van der Waals surface area contributed by atoms with Crippen LogP contribution in [0.2, 0.25) is 5.02 Å². The molecule has 0 amide bonds. The molecule has 7 heteroatoms. The molecule has 1 atom stereocenters. The second kappa shape index (κ2) is 6.56. The highest BCUT2D eigenvalue weighted by Gasteiger charge is 2.19. The molecule has 0 aliphatic carbocycles. The maximum atomic E-state index is 11.9. The number of nitrogens with two attached hydrogens (primary N) is 1. The zero-order valence-corrected chi connectivity index (χ0v) is 12.0. The van der Waals surface area contributed by atoms with Crippen molar-refractivity contribution in [1.82, 2.24) is 4.72 Å². The molecule has 0 fully saturated rings. The van der Waals surface area contributed by atoms with E-state index in [-0.39, 0.29) is 34.9 Å². The van der Waals surface area contributed by atoms with Crippen LogP contribution in [0.5, 0.6) is 0 Å². The Bertz CT molecular complexity index is 477. The standard InChI is InChI=1S/C10H15ClN2O2S.ClH/c1-7-3-4-10(9(11)5-7)16(14,15)13-8(2)6-12;/h3-5,8,13H,6,12H2,1-2H3;1H/t8-;/m0./s1. The van der Waals surface area contributed by atoms with E-state index in [4.69, 9.17) is 17.3 Å². The van der Waals surface area contributed by atoms with Crippen LogP contribution in [0.25, 0.3) is 0 Å². The summed E-state index contributed by atoms with van der Waals surface area (Å²) < 4.78 is 26.2. The van der Waals surface area contributed by atoms with Crippen molar-refractivity contribution in [2.24, 2.45) is 5.73 Å². The first-order valence-electron chi connectivity index (χ1n) is 4.85. The minimum atomic E-state index is -3.58. The number of aryl methyl sites for hydroxylation is 1. The molecule has 1 aromatic carbocycles. The van der Waals surface area contributed by atoms with Crippen molar-refractivity contribution in [2.45, 2.75) is 24.8 Å². The minimum absolute atomic E-state index is 0. The van der Waals surface area contributed by atoms with E-state index in [1.54, 1.807) is 19.1 Å². The Morgan fingerprint density at radius 1 is 1.47 bits per heavy atom. The average molecular weight is 299 g/mol. The topological polar surface area (TPSA) is 72.2 Å². The highest BCUT2D eigenvalue weighted by atomic mass is 35.5. The molecule has 0 heterocycles. The maximum Gasteiger partial charge on any atom is 0.242 e. The van der Waals surface area contributed by atoms with Gasteiger partial charge in [-0.1, -0.05) is 17.7 Å². The van der Waals surface area contributed by atoms with Gasteiger partial charge in [0.25, 0.3) is 0 Å². The number of halogens is 2. The Hall–Kier alpha value is -0.330. The van der Waals surface area contributed by atoms with Crippen LogP contribution >= 0.6 is 24.0 Å². The second-order valence-electron chi connectivity index (χ2n) is 3.69. The fourth-order valence-corrected chi connectivity index (χ4v) is 3.06. The van der Waals surface area contributed by atoms with Gasteiger partial charge < -0.3 is 5.73 Å². The van der Waals surface area contributed by atoms with Gasteiger partial charge >= 0.3 is 0 Å². The summed E-state index contributed by atoms with van der Waals surface area (Å²) in [6, 6.07) is 4.49. The molecule has 0 aromatic heterocycles. The molecule has 1 rings (SSSR count). The van der Waals surface area contributed by atoms with Gasteiger partial charge in [0.1, 0.15) is 4.90 Å². The van der Waals surface area contributed by atoms with Crippen LogP contribution in [0.15, 0.2) is 23.1 Å². The quantitative estimate of drug-likeness (QED) is 0.888. The molecule has 0 unspecified atom stereocenters. The lowest BCUT2D eigenvalue weighted by Crippen LogP contribution is -2.37. The van der Waals surface area contributed by atoms with E-state index in [1.165, 1.54) is 6.07 Å². The predicted molar refractivity (Wildman–Crippen MR) is 72.3 cm³/mol. The molecule has 17 heavy (non-hydrogen) atoms. The third-order valence-corrected chi connectivity index (χ3v) is 4.16. The monoisotopic (exact) mass is 298 g/mol. The summed E-state index contributed by atoms with van der Waals surface area (Å²) in [6.07, 6.45) is 0. The zero-order valence-electron chi connectivity index (χ0n) is 9.60. The first-order chi connectivity index (χ1) is 7.36. The Morgan fingerprint density at radius 3 is 2.53 bits per heavy atom. The molecular formula is C10H16Cl2N2O2S. The van der Waals surface area contributed by atoms with Crippen LogP contribution in [0, 0.1) is 6.92 Å². The predicted octanol–water partition coefficient (Wildman–Crippen LogP) is 1.70. The number of rotatable bonds is 4. The van der Waals surface area contributed by atoms with Crippen molar-refractivity contribution < 1.29 is 8.42 Å². The van der Waals surface area contributed by atoms with Gasteiger partial charge in [0.2, 0.25) is 10.0 Å². The van der Waals surface area contributed by atoms with Crippen molar-refractivity contribution in [1.29, 1.82) is 0 Å². The van der Waals surface area contributed by atoms with Gasteiger partial charge in [0.05, 0.1) is 5.02 Å². The lowest BCUT2D eigenvalue weighted by Gasteiger charge is -2.13. The van der Waals surface area contributed by atoms with Crippen molar-refractivity contribution in [3.05, 3.63) is 28.8 Å². The van der Waals surface area contributed by atoms with E-state index < -0.39 is 10.0 Å². The molecule has 1 aromatic rings. The van der Waals surface area contributed by atoms with Crippen LogP contribution in [0.4, 0.5) is 0 Å². The van der Waals surface area contributed by atoms with Gasteiger partial charge in [-0.2, -0.15) is 0 Å². The van der Waals surface area contributed by atoms with Crippen molar-refractivity contribution >= 4 is 34.0 Å². The first-order valence-corrected chi connectivity index (χ1v) is 6.71. The van der Waals surface area contributed by atoms with E-state index in [2.05, 4.69) is 4.72 Å². The van der Waals surface area contributed by atoms with Gasteiger partial charge in [0, 0.05) is 12.6 Å². The molecular weight excluding hydrogens is 283 g/mol. The molecule has 0 aliphatic heterocycles. The van der Waals surface area contributed by atoms with Crippen LogP contribution < -0.4 is 10.5 Å². The summed E-state index contributed by atoms with van der Waals surface area (Å²) in [4.78, 5) is 0.0834. The van der Waals surface area contributed by atoms with E-state index in [0.717, 1.165) is 5.56 Å². The fourth-order valence-electron chi connectivity index (χ4n) is 1.20. The van der Waals surface area contributed by atoms with Crippen LogP contribution in [0.3, 0.4) is 0 Å². The smallest absolute Gasteiger partial charge is 0.242 e.